The lowest BCUT2D eigenvalue weighted by Crippen LogP contribution is -2.54. The molecule has 4 fully saturated rings. The molecule has 0 amide bonds. The van der Waals surface area contributed by atoms with Crippen molar-refractivity contribution in [2.75, 3.05) is 0 Å². The molecule has 0 spiro atoms. The molecule has 4 aliphatic rings. The first-order valence-electron chi connectivity index (χ1n) is 6.34. The number of nitrogens with two attached hydrogens (primary N) is 1. The van der Waals surface area contributed by atoms with Crippen LogP contribution in [0.2, 0.25) is 0 Å². The highest BCUT2D eigenvalue weighted by molar-refractivity contribution is 5.06. The molecule has 0 aromatic heterocycles. The predicted octanol–water partition coefficient (Wildman–Crippen LogP) is 2.44. The van der Waals surface area contributed by atoms with E-state index in [0.717, 1.165) is 17.8 Å². The van der Waals surface area contributed by atoms with E-state index in [1.165, 1.54) is 38.5 Å². The Bertz CT molecular complexity index is 267. The van der Waals surface area contributed by atoms with E-state index in [-0.39, 0.29) is 6.04 Å². The van der Waals surface area contributed by atoms with Crippen molar-refractivity contribution in [3.8, 4) is 6.07 Å². The number of hydrogen-bond acceptors (Lipinski definition) is 2. The van der Waals surface area contributed by atoms with Crippen LogP contribution >= 0.6 is 0 Å². The Morgan fingerprint density at radius 3 is 2.00 bits per heavy atom. The first-order valence-corrected chi connectivity index (χ1v) is 6.34. The molecule has 4 bridgehead atoms. The zero-order chi connectivity index (χ0) is 10.5. The van der Waals surface area contributed by atoms with Gasteiger partial charge in [-0.15, -0.1) is 0 Å². The molecular formula is C13H20N2. The molecule has 0 heterocycles. The minimum absolute atomic E-state index is 0.149. The SMILES string of the molecule is N#CCC(N)C12CC3CC(CC(C3)C1)C2. The zero-order valence-electron chi connectivity index (χ0n) is 9.28. The summed E-state index contributed by atoms with van der Waals surface area (Å²) in [5.74, 6) is 2.84. The molecule has 0 aliphatic heterocycles. The monoisotopic (exact) mass is 204 g/mol. The minimum atomic E-state index is 0.149. The van der Waals surface area contributed by atoms with E-state index < -0.39 is 0 Å². The zero-order valence-corrected chi connectivity index (χ0v) is 9.28. The van der Waals surface area contributed by atoms with Gasteiger partial charge in [0.25, 0.3) is 0 Å². The Kier molecular flexibility index (Phi) is 2.07. The van der Waals surface area contributed by atoms with Crippen molar-refractivity contribution < 1.29 is 0 Å². The largest absolute Gasteiger partial charge is 0.326 e. The van der Waals surface area contributed by atoms with Gasteiger partial charge < -0.3 is 5.73 Å². The Labute approximate surface area is 91.8 Å². The molecule has 4 aliphatic carbocycles. The van der Waals surface area contributed by atoms with Crippen LogP contribution in [-0.2, 0) is 0 Å². The van der Waals surface area contributed by atoms with Gasteiger partial charge >= 0.3 is 0 Å². The molecule has 4 saturated carbocycles. The summed E-state index contributed by atoms with van der Waals surface area (Å²) in [6.07, 6.45) is 8.90. The normalized spacial score (nSPS) is 48.9. The minimum Gasteiger partial charge on any atom is -0.326 e. The highest BCUT2D eigenvalue weighted by Crippen LogP contribution is 2.61. The van der Waals surface area contributed by atoms with Crippen molar-refractivity contribution in [2.45, 2.75) is 51.0 Å². The van der Waals surface area contributed by atoms with Gasteiger partial charge in [-0.3, -0.25) is 0 Å². The summed E-state index contributed by atoms with van der Waals surface area (Å²) in [6.45, 7) is 0. The molecule has 0 aromatic rings. The summed E-state index contributed by atoms with van der Waals surface area (Å²) >= 11 is 0. The van der Waals surface area contributed by atoms with Gasteiger partial charge in [0.2, 0.25) is 0 Å². The lowest BCUT2D eigenvalue weighted by molar-refractivity contribution is -0.0660. The van der Waals surface area contributed by atoms with Crippen LogP contribution in [0.25, 0.3) is 0 Å². The van der Waals surface area contributed by atoms with Gasteiger partial charge in [-0.2, -0.15) is 5.26 Å². The average molecular weight is 204 g/mol. The summed E-state index contributed by atoms with van der Waals surface area (Å²) in [6, 6.07) is 2.42. The lowest BCUT2D eigenvalue weighted by Gasteiger charge is -2.58. The van der Waals surface area contributed by atoms with E-state index in [9.17, 15) is 0 Å². The van der Waals surface area contributed by atoms with E-state index in [2.05, 4.69) is 6.07 Å². The third kappa shape index (κ3) is 1.40. The van der Waals surface area contributed by atoms with Gasteiger partial charge in [-0.05, 0) is 61.7 Å². The summed E-state index contributed by atoms with van der Waals surface area (Å²) in [5.41, 5.74) is 6.63. The topological polar surface area (TPSA) is 49.8 Å². The molecule has 2 nitrogen and oxygen atoms in total. The molecule has 1 unspecified atom stereocenters. The summed E-state index contributed by atoms with van der Waals surface area (Å²) < 4.78 is 0. The van der Waals surface area contributed by atoms with Crippen LogP contribution in [0.15, 0.2) is 0 Å². The van der Waals surface area contributed by atoms with Crippen LogP contribution in [0.4, 0.5) is 0 Å². The fourth-order valence-corrected chi connectivity index (χ4v) is 4.95. The van der Waals surface area contributed by atoms with Crippen LogP contribution in [-0.4, -0.2) is 6.04 Å². The molecule has 15 heavy (non-hydrogen) atoms. The highest BCUT2D eigenvalue weighted by Gasteiger charge is 2.53. The second kappa shape index (κ2) is 3.22. The van der Waals surface area contributed by atoms with Gasteiger partial charge in [0, 0.05) is 6.04 Å². The number of nitriles is 1. The quantitative estimate of drug-likeness (QED) is 0.751. The maximum atomic E-state index is 8.81. The molecule has 0 radical (unpaired) electrons. The van der Waals surface area contributed by atoms with E-state index in [4.69, 9.17) is 11.0 Å². The van der Waals surface area contributed by atoms with Crippen molar-refractivity contribution in [1.82, 2.24) is 0 Å². The molecular weight excluding hydrogens is 184 g/mol. The van der Waals surface area contributed by atoms with Gasteiger partial charge in [0.1, 0.15) is 0 Å². The maximum Gasteiger partial charge on any atom is 0.0638 e. The standard InChI is InChI=1S/C13H20N2/c14-2-1-12(15)13-6-9-3-10(7-13)5-11(4-9)8-13/h9-12H,1,3-8,15H2. The summed E-state index contributed by atoms with van der Waals surface area (Å²) in [5, 5.41) is 8.81. The van der Waals surface area contributed by atoms with Gasteiger partial charge in [-0.1, -0.05) is 0 Å². The fraction of sp³-hybridized carbons (Fsp3) is 0.923. The average Bonchev–Trinajstić information content (AvgIpc) is 2.15. The van der Waals surface area contributed by atoms with Crippen LogP contribution < -0.4 is 5.73 Å². The van der Waals surface area contributed by atoms with Gasteiger partial charge in [-0.25, -0.2) is 0 Å². The van der Waals surface area contributed by atoms with Crippen molar-refractivity contribution in [2.24, 2.45) is 28.9 Å². The number of nitrogens with zero attached hydrogens (tertiary/aromatic N) is 1. The Hall–Kier alpha value is -0.550. The van der Waals surface area contributed by atoms with Crippen LogP contribution in [0, 0.1) is 34.5 Å². The summed E-state index contributed by atoms with van der Waals surface area (Å²) in [4.78, 5) is 0. The third-order valence-electron chi connectivity index (χ3n) is 5.18. The van der Waals surface area contributed by atoms with Gasteiger partial charge in [0.15, 0.2) is 0 Å². The number of rotatable bonds is 2. The second-order valence-corrected chi connectivity index (χ2v) is 6.25. The van der Waals surface area contributed by atoms with E-state index in [1.54, 1.807) is 0 Å². The molecule has 82 valence electrons. The maximum absolute atomic E-state index is 8.81. The molecule has 1 atom stereocenters. The van der Waals surface area contributed by atoms with Crippen molar-refractivity contribution in [3.05, 3.63) is 0 Å². The first kappa shape index (κ1) is 9.66. The number of hydrogen-bond donors (Lipinski definition) is 1. The highest BCUT2D eigenvalue weighted by atomic mass is 14.7. The van der Waals surface area contributed by atoms with Crippen molar-refractivity contribution >= 4 is 0 Å². The Morgan fingerprint density at radius 2 is 1.60 bits per heavy atom. The van der Waals surface area contributed by atoms with Crippen LogP contribution in [0.5, 0.6) is 0 Å². The third-order valence-corrected chi connectivity index (χ3v) is 5.18. The fourth-order valence-electron chi connectivity index (χ4n) is 4.95. The second-order valence-electron chi connectivity index (χ2n) is 6.25. The van der Waals surface area contributed by atoms with Crippen molar-refractivity contribution in [3.63, 3.8) is 0 Å². The smallest absolute Gasteiger partial charge is 0.0638 e. The lowest BCUT2D eigenvalue weighted by atomic mass is 9.47. The Balaban J connectivity index is 1.84. The van der Waals surface area contributed by atoms with E-state index >= 15 is 0 Å². The molecule has 2 heteroatoms. The molecule has 0 aromatic carbocycles. The van der Waals surface area contributed by atoms with Gasteiger partial charge in [0.05, 0.1) is 12.5 Å². The first-order chi connectivity index (χ1) is 7.22. The van der Waals surface area contributed by atoms with E-state index in [1.807, 2.05) is 0 Å². The molecule has 0 saturated heterocycles. The molecule has 2 N–H and O–H groups in total. The Morgan fingerprint density at radius 1 is 1.13 bits per heavy atom. The van der Waals surface area contributed by atoms with Crippen molar-refractivity contribution in [1.29, 1.82) is 5.26 Å². The predicted molar refractivity (Wildman–Crippen MR) is 58.8 cm³/mol. The van der Waals surface area contributed by atoms with E-state index in [0.29, 0.717) is 11.8 Å². The van der Waals surface area contributed by atoms with Crippen LogP contribution in [0.1, 0.15) is 44.9 Å². The molecule has 4 rings (SSSR count). The summed E-state index contributed by atoms with van der Waals surface area (Å²) in [7, 11) is 0. The van der Waals surface area contributed by atoms with Crippen LogP contribution in [0.3, 0.4) is 0 Å².